The van der Waals surface area contributed by atoms with E-state index < -0.39 is 0 Å². The number of rotatable bonds is 8. The summed E-state index contributed by atoms with van der Waals surface area (Å²) in [6.45, 7) is 5.92. The number of ether oxygens (including phenoxy) is 1. The molecule has 5 nitrogen and oxygen atoms in total. The van der Waals surface area contributed by atoms with Crippen LogP contribution >= 0.6 is 0 Å². The highest BCUT2D eigenvalue weighted by Gasteiger charge is 1.99. The Balaban J connectivity index is 3.18. The number of carbonyl (C=O) groups excluding carboxylic acids is 1. The number of methoxy groups -OCH3 is 1. The van der Waals surface area contributed by atoms with Crippen molar-refractivity contribution in [3.63, 3.8) is 0 Å². The second-order valence-electron chi connectivity index (χ2n) is 3.37. The van der Waals surface area contributed by atoms with Crippen LogP contribution in [-0.4, -0.2) is 39.3 Å². The maximum atomic E-state index is 11.1. The van der Waals surface area contributed by atoms with Gasteiger partial charge in [0, 0.05) is 13.7 Å². The minimum atomic E-state index is -0.0918. The van der Waals surface area contributed by atoms with Crippen molar-refractivity contribution in [1.29, 1.82) is 0 Å². The first-order valence-corrected chi connectivity index (χ1v) is 4.77. The molecule has 0 bridgehead atoms. The van der Waals surface area contributed by atoms with Gasteiger partial charge >= 0.3 is 0 Å². The summed E-state index contributed by atoms with van der Waals surface area (Å²) >= 11 is 0. The highest BCUT2D eigenvalue weighted by Crippen LogP contribution is 1.88. The van der Waals surface area contributed by atoms with Crippen LogP contribution in [0.15, 0.2) is 0 Å². The second kappa shape index (κ2) is 8.93. The van der Waals surface area contributed by atoms with Crippen molar-refractivity contribution in [3.8, 4) is 0 Å². The Labute approximate surface area is 85.1 Å². The van der Waals surface area contributed by atoms with Gasteiger partial charge in [0.2, 0.25) is 5.91 Å². The molecule has 5 heteroatoms. The second-order valence-corrected chi connectivity index (χ2v) is 3.37. The molecule has 0 radical (unpaired) electrons. The molecular weight excluding hydrogens is 184 g/mol. The lowest BCUT2D eigenvalue weighted by Gasteiger charge is -2.08. The van der Waals surface area contributed by atoms with Crippen LogP contribution in [0.2, 0.25) is 0 Å². The maximum Gasteiger partial charge on any atom is 0.236 e. The number of nitrogens with one attached hydrogen (secondary N) is 2. The molecule has 0 aliphatic carbocycles. The van der Waals surface area contributed by atoms with Crippen molar-refractivity contribution in [2.45, 2.75) is 13.8 Å². The van der Waals surface area contributed by atoms with Gasteiger partial charge in [-0.15, -0.1) is 0 Å². The van der Waals surface area contributed by atoms with Crippen molar-refractivity contribution in [3.05, 3.63) is 0 Å². The van der Waals surface area contributed by atoms with Gasteiger partial charge in [-0.25, -0.2) is 0 Å². The molecule has 0 saturated carbocycles. The van der Waals surface area contributed by atoms with E-state index in [0.717, 1.165) is 0 Å². The van der Waals surface area contributed by atoms with Gasteiger partial charge in [-0.05, 0) is 5.92 Å². The quantitative estimate of drug-likeness (QED) is 0.429. The zero-order chi connectivity index (χ0) is 10.8. The number of amides is 1. The van der Waals surface area contributed by atoms with Crippen molar-refractivity contribution in [2.75, 3.05) is 33.4 Å². The standard InChI is InChI=1S/C9H20N2O3/c1-8(2)7-14-11-6-9(12)10-4-5-13-3/h8,11H,4-7H2,1-3H3,(H,10,12). The summed E-state index contributed by atoms with van der Waals surface area (Å²) in [6, 6.07) is 0. The molecule has 0 spiro atoms. The lowest BCUT2D eigenvalue weighted by atomic mass is 10.2. The zero-order valence-corrected chi connectivity index (χ0v) is 9.13. The number of carbonyl (C=O) groups is 1. The van der Waals surface area contributed by atoms with Gasteiger partial charge in [-0.3, -0.25) is 4.79 Å². The van der Waals surface area contributed by atoms with Gasteiger partial charge < -0.3 is 14.9 Å². The highest BCUT2D eigenvalue weighted by atomic mass is 16.6. The van der Waals surface area contributed by atoms with Gasteiger partial charge in [0.1, 0.15) is 0 Å². The van der Waals surface area contributed by atoms with Gasteiger partial charge in [0.25, 0.3) is 0 Å². The minimum Gasteiger partial charge on any atom is -0.383 e. The van der Waals surface area contributed by atoms with Gasteiger partial charge in [0.15, 0.2) is 0 Å². The van der Waals surface area contributed by atoms with E-state index in [9.17, 15) is 4.79 Å². The first kappa shape index (κ1) is 13.4. The van der Waals surface area contributed by atoms with Crippen LogP contribution in [0.5, 0.6) is 0 Å². The fourth-order valence-electron chi connectivity index (χ4n) is 0.697. The van der Waals surface area contributed by atoms with E-state index in [1.807, 2.05) is 13.8 Å². The van der Waals surface area contributed by atoms with Crippen LogP contribution in [0.25, 0.3) is 0 Å². The smallest absolute Gasteiger partial charge is 0.236 e. The first-order chi connectivity index (χ1) is 6.66. The van der Waals surface area contributed by atoms with Gasteiger partial charge in [-0.1, -0.05) is 13.8 Å². The first-order valence-electron chi connectivity index (χ1n) is 4.77. The molecule has 0 aromatic heterocycles. The number of hydroxylamine groups is 1. The fourth-order valence-corrected chi connectivity index (χ4v) is 0.697. The summed E-state index contributed by atoms with van der Waals surface area (Å²) in [6.07, 6.45) is 0. The molecule has 0 saturated heterocycles. The third-order valence-electron chi connectivity index (χ3n) is 1.38. The van der Waals surface area contributed by atoms with Crippen molar-refractivity contribution in [2.24, 2.45) is 5.92 Å². The number of hydrogen-bond acceptors (Lipinski definition) is 4. The molecule has 1 amide bonds. The van der Waals surface area contributed by atoms with Gasteiger partial charge in [0.05, 0.1) is 19.8 Å². The third-order valence-corrected chi connectivity index (χ3v) is 1.38. The molecule has 0 fully saturated rings. The molecule has 0 unspecified atom stereocenters. The van der Waals surface area contributed by atoms with E-state index in [-0.39, 0.29) is 12.5 Å². The lowest BCUT2D eigenvalue weighted by molar-refractivity contribution is -0.123. The van der Waals surface area contributed by atoms with Crippen LogP contribution in [-0.2, 0) is 14.4 Å². The molecule has 0 atom stereocenters. The summed E-state index contributed by atoms with van der Waals surface area (Å²) < 4.78 is 4.78. The molecule has 0 aliphatic heterocycles. The van der Waals surface area contributed by atoms with Crippen LogP contribution in [0.4, 0.5) is 0 Å². The van der Waals surface area contributed by atoms with E-state index in [2.05, 4.69) is 10.8 Å². The Kier molecular flexibility index (Phi) is 8.51. The average Bonchev–Trinajstić information content (AvgIpc) is 2.13. The molecule has 0 heterocycles. The Bertz CT molecular complexity index is 151. The maximum absolute atomic E-state index is 11.1. The summed E-state index contributed by atoms with van der Waals surface area (Å²) in [5.74, 6) is 0.366. The topological polar surface area (TPSA) is 59.6 Å². The molecule has 0 aromatic rings. The van der Waals surface area contributed by atoms with E-state index in [4.69, 9.17) is 9.57 Å². The molecule has 0 aromatic carbocycles. The van der Waals surface area contributed by atoms with Crippen LogP contribution in [0, 0.1) is 5.92 Å². The molecular formula is C9H20N2O3. The Morgan fingerprint density at radius 1 is 1.43 bits per heavy atom. The zero-order valence-electron chi connectivity index (χ0n) is 9.13. The monoisotopic (exact) mass is 204 g/mol. The predicted molar refractivity (Wildman–Crippen MR) is 53.7 cm³/mol. The SMILES string of the molecule is COCCNC(=O)CNOCC(C)C. The van der Waals surface area contributed by atoms with Crippen LogP contribution < -0.4 is 10.8 Å². The summed E-state index contributed by atoms with van der Waals surface area (Å²) in [5, 5.41) is 2.67. The molecule has 0 rings (SSSR count). The summed E-state index contributed by atoms with van der Waals surface area (Å²) in [4.78, 5) is 16.1. The van der Waals surface area contributed by atoms with Crippen molar-refractivity contribution < 1.29 is 14.4 Å². The summed E-state index contributed by atoms with van der Waals surface area (Å²) in [7, 11) is 1.59. The molecule has 14 heavy (non-hydrogen) atoms. The fraction of sp³-hybridized carbons (Fsp3) is 0.889. The number of hydrogen-bond donors (Lipinski definition) is 2. The Morgan fingerprint density at radius 3 is 2.71 bits per heavy atom. The summed E-state index contributed by atoms with van der Waals surface area (Å²) in [5.41, 5.74) is 2.59. The van der Waals surface area contributed by atoms with E-state index in [1.165, 1.54) is 0 Å². The van der Waals surface area contributed by atoms with Crippen molar-refractivity contribution in [1.82, 2.24) is 10.8 Å². The van der Waals surface area contributed by atoms with E-state index >= 15 is 0 Å². The normalized spacial score (nSPS) is 10.6. The van der Waals surface area contributed by atoms with Gasteiger partial charge in [-0.2, -0.15) is 5.48 Å². The van der Waals surface area contributed by atoms with Crippen LogP contribution in [0.3, 0.4) is 0 Å². The van der Waals surface area contributed by atoms with E-state index in [0.29, 0.717) is 25.7 Å². The Morgan fingerprint density at radius 2 is 2.14 bits per heavy atom. The van der Waals surface area contributed by atoms with Crippen molar-refractivity contribution >= 4 is 5.91 Å². The Hall–Kier alpha value is -0.650. The average molecular weight is 204 g/mol. The minimum absolute atomic E-state index is 0.0918. The largest absolute Gasteiger partial charge is 0.383 e. The lowest BCUT2D eigenvalue weighted by Crippen LogP contribution is -2.36. The molecule has 0 aliphatic rings. The van der Waals surface area contributed by atoms with Crippen LogP contribution in [0.1, 0.15) is 13.8 Å². The highest BCUT2D eigenvalue weighted by molar-refractivity contribution is 5.77. The third kappa shape index (κ3) is 9.44. The molecule has 84 valence electrons. The molecule has 2 N–H and O–H groups in total. The predicted octanol–water partition coefficient (Wildman–Crippen LogP) is -0.0738. The van der Waals surface area contributed by atoms with E-state index in [1.54, 1.807) is 7.11 Å².